The fraction of sp³-hybridized carbons (Fsp3) is 0.500. The second-order valence-corrected chi connectivity index (χ2v) is 5.25. The zero-order valence-corrected chi connectivity index (χ0v) is 11.1. The predicted molar refractivity (Wildman–Crippen MR) is 63.8 cm³/mol. The minimum Gasteiger partial charge on any atom is -0.388 e. The molecule has 8 heteroatoms. The zero-order chi connectivity index (χ0) is 16.7. The quantitative estimate of drug-likeness (QED) is 0.830. The average Bonchev–Trinajstić information content (AvgIpc) is 2.81. The predicted octanol–water partition coefficient (Wildman–Crippen LogP) is 4.13. The highest BCUT2D eigenvalue weighted by atomic mass is 19.4. The number of benzene rings is 1. The summed E-state index contributed by atoms with van der Waals surface area (Å²) in [7, 11) is 0. The molecule has 2 rings (SSSR count). The van der Waals surface area contributed by atoms with Crippen LogP contribution < -0.4 is 0 Å². The standard InChI is InChI=1S/C14H12F6O2/c15-13(16,17)8-4-7(5-9(6-8)14(18,19)20)12(22)10-2-1-3-11(10)21/h4-6,10,12,22H,1-3H2/t10-,12+/m0/s1. The van der Waals surface area contributed by atoms with Crippen LogP contribution in [0, 0.1) is 5.92 Å². The highest BCUT2D eigenvalue weighted by Gasteiger charge is 2.39. The summed E-state index contributed by atoms with van der Waals surface area (Å²) in [6, 6.07) is 0.920. The van der Waals surface area contributed by atoms with Crippen molar-refractivity contribution < 1.29 is 36.2 Å². The Bertz CT molecular complexity index is 543. The number of carbonyl (C=O) groups excluding carboxylic acids is 1. The van der Waals surface area contributed by atoms with E-state index in [1.807, 2.05) is 0 Å². The molecule has 1 N–H and O–H groups in total. The second kappa shape index (κ2) is 5.57. The van der Waals surface area contributed by atoms with Gasteiger partial charge >= 0.3 is 12.4 Å². The van der Waals surface area contributed by atoms with Crippen LogP contribution in [0.2, 0.25) is 0 Å². The molecule has 0 bridgehead atoms. The Kier molecular flexibility index (Phi) is 4.25. The Morgan fingerprint density at radius 2 is 1.50 bits per heavy atom. The molecule has 1 aromatic rings. The van der Waals surface area contributed by atoms with E-state index in [1.54, 1.807) is 0 Å². The molecule has 0 aliphatic heterocycles. The largest absolute Gasteiger partial charge is 0.416 e. The van der Waals surface area contributed by atoms with Crippen molar-refractivity contribution in [3.8, 4) is 0 Å². The molecule has 0 unspecified atom stereocenters. The molecule has 1 aliphatic rings. The number of Topliss-reactive ketones (excluding diaryl/α,β-unsaturated/α-hetero) is 1. The number of carbonyl (C=O) groups is 1. The van der Waals surface area contributed by atoms with Gasteiger partial charge in [0.2, 0.25) is 0 Å². The number of halogens is 6. The summed E-state index contributed by atoms with van der Waals surface area (Å²) in [5, 5.41) is 10.0. The summed E-state index contributed by atoms with van der Waals surface area (Å²) in [4.78, 5) is 11.5. The second-order valence-electron chi connectivity index (χ2n) is 5.25. The Balaban J connectivity index is 2.48. The number of alkyl halides is 6. The summed E-state index contributed by atoms with van der Waals surface area (Å²) < 4.78 is 76.4. The van der Waals surface area contributed by atoms with Gasteiger partial charge in [-0.15, -0.1) is 0 Å². The van der Waals surface area contributed by atoms with Gasteiger partial charge in [0.05, 0.1) is 17.2 Å². The fourth-order valence-electron chi connectivity index (χ4n) is 2.56. The normalized spacial score (nSPS) is 21.2. The monoisotopic (exact) mass is 326 g/mol. The van der Waals surface area contributed by atoms with E-state index in [2.05, 4.69) is 0 Å². The van der Waals surface area contributed by atoms with E-state index in [0.717, 1.165) is 0 Å². The van der Waals surface area contributed by atoms with E-state index in [4.69, 9.17) is 0 Å². The van der Waals surface area contributed by atoms with Crippen LogP contribution in [-0.2, 0) is 17.1 Å². The number of hydrogen-bond donors (Lipinski definition) is 1. The maximum absolute atomic E-state index is 12.7. The van der Waals surface area contributed by atoms with Gasteiger partial charge in [0.25, 0.3) is 0 Å². The van der Waals surface area contributed by atoms with Crippen molar-refractivity contribution in [2.45, 2.75) is 37.7 Å². The maximum Gasteiger partial charge on any atom is 0.416 e. The lowest BCUT2D eigenvalue weighted by Gasteiger charge is -2.20. The smallest absolute Gasteiger partial charge is 0.388 e. The molecule has 0 saturated heterocycles. The van der Waals surface area contributed by atoms with Crippen molar-refractivity contribution in [3.63, 3.8) is 0 Å². The van der Waals surface area contributed by atoms with Crippen molar-refractivity contribution in [3.05, 3.63) is 34.9 Å². The van der Waals surface area contributed by atoms with Crippen LogP contribution in [0.1, 0.15) is 42.1 Å². The van der Waals surface area contributed by atoms with Crippen LogP contribution in [0.25, 0.3) is 0 Å². The van der Waals surface area contributed by atoms with Gasteiger partial charge in [-0.3, -0.25) is 4.79 Å². The lowest BCUT2D eigenvalue weighted by Crippen LogP contribution is -2.19. The van der Waals surface area contributed by atoms with Gasteiger partial charge in [-0.1, -0.05) is 0 Å². The first-order chi connectivity index (χ1) is 10.00. The van der Waals surface area contributed by atoms with E-state index in [9.17, 15) is 36.2 Å². The van der Waals surface area contributed by atoms with Crippen molar-refractivity contribution >= 4 is 5.78 Å². The average molecular weight is 326 g/mol. The number of aliphatic hydroxyl groups excluding tert-OH is 1. The van der Waals surface area contributed by atoms with Crippen molar-refractivity contribution in [2.24, 2.45) is 5.92 Å². The number of hydrogen-bond acceptors (Lipinski definition) is 2. The Morgan fingerprint density at radius 3 is 1.86 bits per heavy atom. The molecule has 0 heterocycles. The van der Waals surface area contributed by atoms with Gasteiger partial charge < -0.3 is 5.11 Å². The third kappa shape index (κ3) is 3.43. The van der Waals surface area contributed by atoms with Crippen LogP contribution in [0.3, 0.4) is 0 Å². The van der Waals surface area contributed by atoms with Gasteiger partial charge in [0.1, 0.15) is 5.78 Å². The zero-order valence-electron chi connectivity index (χ0n) is 11.1. The Morgan fingerprint density at radius 1 is 1.00 bits per heavy atom. The molecule has 22 heavy (non-hydrogen) atoms. The minimum atomic E-state index is -4.98. The van der Waals surface area contributed by atoms with Gasteiger partial charge in [0.15, 0.2) is 0 Å². The highest BCUT2D eigenvalue weighted by molar-refractivity contribution is 5.83. The minimum absolute atomic E-state index is 0.00725. The number of rotatable bonds is 2. The van der Waals surface area contributed by atoms with Crippen molar-refractivity contribution in [1.82, 2.24) is 0 Å². The van der Waals surface area contributed by atoms with Crippen LogP contribution in [-0.4, -0.2) is 10.9 Å². The summed E-state index contributed by atoms with van der Waals surface area (Å²) in [5.41, 5.74) is -3.54. The van der Waals surface area contributed by atoms with Gasteiger partial charge in [-0.05, 0) is 36.6 Å². The molecular formula is C14H12F6O2. The van der Waals surface area contributed by atoms with E-state index >= 15 is 0 Å². The van der Waals surface area contributed by atoms with Crippen LogP contribution in [0.4, 0.5) is 26.3 Å². The Hall–Kier alpha value is -1.57. The fourth-order valence-corrected chi connectivity index (χ4v) is 2.56. The molecule has 122 valence electrons. The van der Waals surface area contributed by atoms with Crippen LogP contribution >= 0.6 is 0 Å². The summed E-state index contributed by atoms with van der Waals surface area (Å²) in [6.07, 6.45) is -10.7. The first-order valence-corrected chi connectivity index (χ1v) is 6.50. The van der Waals surface area contributed by atoms with Gasteiger partial charge in [-0.25, -0.2) is 0 Å². The number of aliphatic hydroxyl groups is 1. The van der Waals surface area contributed by atoms with E-state index in [0.29, 0.717) is 18.6 Å². The SMILES string of the molecule is O=C1CCC[C@@H]1[C@H](O)c1cc(C(F)(F)F)cc(C(F)(F)F)c1. The molecule has 1 aliphatic carbocycles. The molecule has 2 atom stereocenters. The summed E-state index contributed by atoms with van der Waals surface area (Å²) in [5.74, 6) is -1.30. The summed E-state index contributed by atoms with van der Waals surface area (Å²) >= 11 is 0. The third-order valence-corrected chi connectivity index (χ3v) is 3.68. The molecule has 1 saturated carbocycles. The number of ketones is 1. The molecule has 0 radical (unpaired) electrons. The first kappa shape index (κ1) is 16.8. The molecule has 0 spiro atoms. The van der Waals surface area contributed by atoms with Gasteiger partial charge in [-0.2, -0.15) is 26.3 Å². The van der Waals surface area contributed by atoms with E-state index in [-0.39, 0.29) is 24.7 Å². The molecule has 2 nitrogen and oxygen atoms in total. The third-order valence-electron chi connectivity index (χ3n) is 3.68. The van der Waals surface area contributed by atoms with E-state index in [1.165, 1.54) is 0 Å². The van der Waals surface area contributed by atoms with Crippen LogP contribution in [0.5, 0.6) is 0 Å². The molecule has 0 amide bonds. The highest BCUT2D eigenvalue weighted by Crippen LogP contribution is 2.40. The lowest BCUT2D eigenvalue weighted by molar-refractivity contribution is -0.143. The molecular weight excluding hydrogens is 314 g/mol. The van der Waals surface area contributed by atoms with E-state index < -0.39 is 41.1 Å². The Labute approximate surface area is 121 Å². The molecule has 1 aromatic carbocycles. The van der Waals surface area contributed by atoms with Crippen LogP contribution in [0.15, 0.2) is 18.2 Å². The first-order valence-electron chi connectivity index (χ1n) is 6.50. The molecule has 0 aromatic heterocycles. The lowest BCUT2D eigenvalue weighted by atomic mass is 9.91. The maximum atomic E-state index is 12.7. The molecule has 1 fully saturated rings. The van der Waals surface area contributed by atoms with Crippen molar-refractivity contribution in [2.75, 3.05) is 0 Å². The van der Waals surface area contributed by atoms with Gasteiger partial charge in [0, 0.05) is 12.3 Å². The van der Waals surface area contributed by atoms with Crippen molar-refractivity contribution in [1.29, 1.82) is 0 Å². The summed E-state index contributed by atoms with van der Waals surface area (Å²) in [6.45, 7) is 0. The topological polar surface area (TPSA) is 37.3 Å².